The third-order valence-electron chi connectivity index (χ3n) is 2.45. The molecule has 1 rings (SSSR count). The Balaban J connectivity index is 2.22. The van der Waals surface area contributed by atoms with Crippen molar-refractivity contribution in [1.82, 2.24) is 5.32 Å². The van der Waals surface area contributed by atoms with Crippen LogP contribution in [0, 0.1) is 0 Å². The number of aliphatic carboxylic acids is 1. The Kier molecular flexibility index (Phi) is 5.05. The van der Waals surface area contributed by atoms with Crippen LogP contribution in [0.15, 0.2) is 22.8 Å². The molecule has 0 aliphatic carbocycles. The fourth-order valence-corrected chi connectivity index (χ4v) is 1.70. The molecule has 0 spiro atoms. The van der Waals surface area contributed by atoms with Gasteiger partial charge in [0.05, 0.1) is 6.26 Å². The van der Waals surface area contributed by atoms with E-state index in [1.54, 1.807) is 6.26 Å². The van der Waals surface area contributed by atoms with E-state index in [2.05, 4.69) is 12.2 Å². The van der Waals surface area contributed by atoms with E-state index in [1.165, 1.54) is 0 Å². The van der Waals surface area contributed by atoms with Gasteiger partial charge in [0.2, 0.25) is 0 Å². The number of nitrogens with one attached hydrogen (secondary N) is 1. The van der Waals surface area contributed by atoms with Crippen LogP contribution >= 0.6 is 0 Å². The normalized spacial score (nSPS) is 14.6. The van der Waals surface area contributed by atoms with Gasteiger partial charge in [0, 0.05) is 24.9 Å². The maximum absolute atomic E-state index is 10.4. The monoisotopic (exact) mass is 225 g/mol. The summed E-state index contributed by atoms with van der Waals surface area (Å²) in [4.78, 5) is 10.4. The molecule has 1 heterocycles. The van der Waals surface area contributed by atoms with Crippen molar-refractivity contribution < 1.29 is 14.3 Å². The molecule has 0 bridgehead atoms. The quantitative estimate of drug-likeness (QED) is 0.745. The first-order chi connectivity index (χ1) is 7.58. The summed E-state index contributed by atoms with van der Waals surface area (Å²) in [7, 11) is 0. The summed E-state index contributed by atoms with van der Waals surface area (Å²) in [5.74, 6) is 0.206. The lowest BCUT2D eigenvalue weighted by atomic mass is 10.1. The van der Waals surface area contributed by atoms with E-state index >= 15 is 0 Å². The van der Waals surface area contributed by atoms with E-state index in [0.29, 0.717) is 6.42 Å². The van der Waals surface area contributed by atoms with Crippen molar-refractivity contribution in [3.63, 3.8) is 0 Å². The molecule has 2 atom stereocenters. The van der Waals surface area contributed by atoms with Crippen LogP contribution in [-0.4, -0.2) is 23.2 Å². The summed E-state index contributed by atoms with van der Waals surface area (Å²) in [5, 5.41) is 11.9. The zero-order chi connectivity index (χ0) is 12.0. The van der Waals surface area contributed by atoms with Crippen LogP contribution in [0.1, 0.15) is 32.4 Å². The van der Waals surface area contributed by atoms with Gasteiger partial charge < -0.3 is 14.8 Å². The Morgan fingerprint density at radius 3 is 2.81 bits per heavy atom. The second-order valence-corrected chi connectivity index (χ2v) is 4.18. The lowest BCUT2D eigenvalue weighted by molar-refractivity contribution is -0.137. The van der Waals surface area contributed by atoms with Crippen LogP contribution in [0.3, 0.4) is 0 Å². The first-order valence-corrected chi connectivity index (χ1v) is 5.58. The number of hydrogen-bond donors (Lipinski definition) is 2. The van der Waals surface area contributed by atoms with Crippen LogP contribution in [0.2, 0.25) is 0 Å². The van der Waals surface area contributed by atoms with Gasteiger partial charge in [0.1, 0.15) is 5.76 Å². The molecule has 0 saturated heterocycles. The molecule has 1 aromatic heterocycles. The zero-order valence-corrected chi connectivity index (χ0v) is 9.77. The predicted octanol–water partition coefficient (Wildman–Crippen LogP) is 2.05. The Bertz CT molecular complexity index is 308. The van der Waals surface area contributed by atoms with E-state index in [4.69, 9.17) is 9.52 Å². The minimum Gasteiger partial charge on any atom is -0.481 e. The standard InChI is InChI=1S/C12H19NO3/c1-9(5-6-12(14)15)13-10(2)8-11-4-3-7-16-11/h3-4,7,9-10,13H,5-6,8H2,1-2H3,(H,14,15). The highest BCUT2D eigenvalue weighted by Gasteiger charge is 2.10. The first kappa shape index (κ1) is 12.8. The lowest BCUT2D eigenvalue weighted by Gasteiger charge is -2.18. The summed E-state index contributed by atoms with van der Waals surface area (Å²) in [6, 6.07) is 4.31. The molecule has 1 aromatic rings. The fraction of sp³-hybridized carbons (Fsp3) is 0.583. The summed E-state index contributed by atoms with van der Waals surface area (Å²) < 4.78 is 5.25. The van der Waals surface area contributed by atoms with Crippen molar-refractivity contribution in [2.45, 2.75) is 45.2 Å². The van der Waals surface area contributed by atoms with Crippen molar-refractivity contribution in [2.24, 2.45) is 0 Å². The summed E-state index contributed by atoms with van der Waals surface area (Å²) >= 11 is 0. The van der Waals surface area contributed by atoms with Crippen LogP contribution < -0.4 is 5.32 Å². The topological polar surface area (TPSA) is 62.5 Å². The molecule has 4 nitrogen and oxygen atoms in total. The summed E-state index contributed by atoms with van der Waals surface area (Å²) in [5.41, 5.74) is 0. The smallest absolute Gasteiger partial charge is 0.303 e. The third kappa shape index (κ3) is 4.98. The maximum atomic E-state index is 10.4. The molecule has 0 fully saturated rings. The highest BCUT2D eigenvalue weighted by molar-refractivity contribution is 5.66. The molecular formula is C12H19NO3. The van der Waals surface area contributed by atoms with Gasteiger partial charge in [0.15, 0.2) is 0 Å². The number of carboxylic acid groups (broad SMARTS) is 1. The van der Waals surface area contributed by atoms with Gasteiger partial charge in [-0.2, -0.15) is 0 Å². The van der Waals surface area contributed by atoms with Gasteiger partial charge in [0.25, 0.3) is 0 Å². The molecule has 0 amide bonds. The molecule has 2 N–H and O–H groups in total. The van der Waals surface area contributed by atoms with Gasteiger partial charge in [-0.15, -0.1) is 0 Å². The Hall–Kier alpha value is -1.29. The van der Waals surface area contributed by atoms with Crippen molar-refractivity contribution >= 4 is 5.97 Å². The molecule has 0 aliphatic rings. The average molecular weight is 225 g/mol. The number of hydrogen-bond acceptors (Lipinski definition) is 3. The Morgan fingerprint density at radius 2 is 2.25 bits per heavy atom. The highest BCUT2D eigenvalue weighted by atomic mass is 16.4. The minimum atomic E-state index is -0.743. The number of furan rings is 1. The molecule has 0 aliphatic heterocycles. The van der Waals surface area contributed by atoms with Crippen molar-refractivity contribution in [1.29, 1.82) is 0 Å². The molecular weight excluding hydrogens is 206 g/mol. The lowest BCUT2D eigenvalue weighted by Crippen LogP contribution is -2.36. The van der Waals surface area contributed by atoms with E-state index in [1.807, 2.05) is 19.1 Å². The largest absolute Gasteiger partial charge is 0.481 e. The van der Waals surface area contributed by atoms with Crippen LogP contribution in [0.4, 0.5) is 0 Å². The van der Waals surface area contributed by atoms with Crippen molar-refractivity contribution in [3.8, 4) is 0 Å². The number of carboxylic acids is 1. The first-order valence-electron chi connectivity index (χ1n) is 5.58. The van der Waals surface area contributed by atoms with Crippen LogP contribution in [-0.2, 0) is 11.2 Å². The minimum absolute atomic E-state index is 0.209. The molecule has 0 aromatic carbocycles. The van der Waals surface area contributed by atoms with Crippen LogP contribution in [0.25, 0.3) is 0 Å². The second-order valence-electron chi connectivity index (χ2n) is 4.18. The summed E-state index contributed by atoms with van der Waals surface area (Å²) in [6.45, 7) is 4.07. The molecule has 0 saturated carbocycles. The average Bonchev–Trinajstić information content (AvgIpc) is 2.67. The van der Waals surface area contributed by atoms with Crippen molar-refractivity contribution in [2.75, 3.05) is 0 Å². The van der Waals surface area contributed by atoms with Crippen LogP contribution in [0.5, 0.6) is 0 Å². The summed E-state index contributed by atoms with van der Waals surface area (Å²) in [6.07, 6.45) is 3.35. The van der Waals surface area contributed by atoms with Crippen molar-refractivity contribution in [3.05, 3.63) is 24.2 Å². The van der Waals surface area contributed by atoms with Gasteiger partial charge in [-0.1, -0.05) is 0 Å². The zero-order valence-electron chi connectivity index (χ0n) is 9.77. The van der Waals surface area contributed by atoms with E-state index in [0.717, 1.165) is 12.2 Å². The van der Waals surface area contributed by atoms with E-state index < -0.39 is 5.97 Å². The molecule has 0 radical (unpaired) electrons. The van der Waals surface area contributed by atoms with E-state index in [-0.39, 0.29) is 18.5 Å². The Morgan fingerprint density at radius 1 is 1.50 bits per heavy atom. The van der Waals surface area contributed by atoms with Gasteiger partial charge in [-0.25, -0.2) is 0 Å². The van der Waals surface area contributed by atoms with Gasteiger partial charge in [-0.3, -0.25) is 4.79 Å². The number of carbonyl (C=O) groups is 1. The van der Waals surface area contributed by atoms with Gasteiger partial charge in [-0.05, 0) is 32.4 Å². The molecule has 16 heavy (non-hydrogen) atoms. The maximum Gasteiger partial charge on any atom is 0.303 e. The van der Waals surface area contributed by atoms with E-state index in [9.17, 15) is 4.79 Å². The highest BCUT2D eigenvalue weighted by Crippen LogP contribution is 2.05. The second kappa shape index (κ2) is 6.33. The molecule has 4 heteroatoms. The third-order valence-corrected chi connectivity index (χ3v) is 2.45. The SMILES string of the molecule is CC(CCC(=O)O)NC(C)Cc1ccco1. The fourth-order valence-electron chi connectivity index (χ4n) is 1.70. The van der Waals surface area contributed by atoms with Gasteiger partial charge >= 0.3 is 5.97 Å². The predicted molar refractivity (Wildman–Crippen MR) is 61.3 cm³/mol. The molecule has 2 unspecified atom stereocenters. The number of rotatable bonds is 7. The molecule has 90 valence electrons. The Labute approximate surface area is 95.7 Å².